The van der Waals surface area contributed by atoms with Gasteiger partial charge in [0, 0.05) is 11.8 Å². The van der Waals surface area contributed by atoms with E-state index in [1.807, 2.05) is 24.3 Å². The van der Waals surface area contributed by atoms with Gasteiger partial charge in [0.15, 0.2) is 5.76 Å². The van der Waals surface area contributed by atoms with E-state index in [1.54, 1.807) is 18.3 Å². The molecule has 176 valence electrons. The Bertz CT molecular complexity index is 1290. The number of benzene rings is 2. The zero-order valence-electron chi connectivity index (χ0n) is 18.8. The summed E-state index contributed by atoms with van der Waals surface area (Å²) in [6.45, 7) is 0.802. The first-order chi connectivity index (χ1) is 17.2. The van der Waals surface area contributed by atoms with Gasteiger partial charge < -0.3 is 24.5 Å². The third-order valence-corrected chi connectivity index (χ3v) is 6.37. The summed E-state index contributed by atoms with van der Waals surface area (Å²) in [5.74, 6) is 0.497. The lowest BCUT2D eigenvalue weighted by atomic mass is 10.0. The molecule has 2 saturated heterocycles. The zero-order chi connectivity index (χ0) is 23.6. The van der Waals surface area contributed by atoms with Crippen molar-refractivity contribution in [1.29, 1.82) is 0 Å². The lowest BCUT2D eigenvalue weighted by molar-refractivity contribution is 0.0646. The number of nitrogens with zero attached hydrogens (tertiary/aromatic N) is 2. The van der Waals surface area contributed by atoms with Crippen LogP contribution >= 0.6 is 0 Å². The van der Waals surface area contributed by atoms with Crippen LogP contribution in [0.2, 0.25) is 0 Å². The van der Waals surface area contributed by atoms with Crippen LogP contribution < -0.4 is 10.6 Å². The number of aromatic nitrogens is 2. The molecule has 0 radical (unpaired) electrons. The molecular formula is C27H24N4O4. The maximum atomic E-state index is 12.3. The molecule has 2 N–H and O–H groups in total. The largest absolute Gasteiger partial charge is 0.459 e. The topological polar surface area (TPSA) is 98.5 Å². The van der Waals surface area contributed by atoms with E-state index < -0.39 is 0 Å². The van der Waals surface area contributed by atoms with E-state index in [1.165, 1.54) is 11.8 Å². The van der Waals surface area contributed by atoms with E-state index in [-0.39, 0.29) is 36.0 Å². The summed E-state index contributed by atoms with van der Waals surface area (Å²) in [6.07, 6.45) is 2.75. The van der Waals surface area contributed by atoms with E-state index in [0.29, 0.717) is 19.2 Å². The van der Waals surface area contributed by atoms with Crippen molar-refractivity contribution in [2.75, 3.05) is 18.5 Å². The van der Waals surface area contributed by atoms with Gasteiger partial charge in [-0.25, -0.2) is 9.97 Å². The maximum absolute atomic E-state index is 12.3. The number of ether oxygens (including phenoxy) is 2. The fraction of sp³-hybridized carbons (Fsp3) is 0.222. The molecule has 4 atom stereocenters. The van der Waals surface area contributed by atoms with E-state index in [2.05, 4.69) is 52.0 Å². The predicted octanol–water partition coefficient (Wildman–Crippen LogP) is 3.78. The second-order valence-electron chi connectivity index (χ2n) is 8.61. The number of rotatable bonds is 6. The first-order valence-corrected chi connectivity index (χ1v) is 11.6. The van der Waals surface area contributed by atoms with Crippen LogP contribution in [-0.4, -0.2) is 53.4 Å². The van der Waals surface area contributed by atoms with Gasteiger partial charge in [0.1, 0.15) is 12.2 Å². The van der Waals surface area contributed by atoms with Crippen molar-refractivity contribution in [3.05, 3.63) is 91.0 Å². The van der Waals surface area contributed by atoms with Crippen LogP contribution in [0, 0.1) is 0 Å². The summed E-state index contributed by atoms with van der Waals surface area (Å²) in [5, 5.41) is 6.30. The number of amides is 1. The second-order valence-corrected chi connectivity index (χ2v) is 8.61. The van der Waals surface area contributed by atoms with Crippen LogP contribution in [0.1, 0.15) is 10.6 Å². The Morgan fingerprint density at radius 1 is 0.800 bits per heavy atom. The Morgan fingerprint density at radius 2 is 1.51 bits per heavy atom. The molecule has 0 spiro atoms. The minimum Gasteiger partial charge on any atom is -0.459 e. The summed E-state index contributed by atoms with van der Waals surface area (Å²) >= 11 is 0. The highest BCUT2D eigenvalue weighted by molar-refractivity contribution is 5.91. The molecule has 0 unspecified atom stereocenters. The van der Waals surface area contributed by atoms with E-state index >= 15 is 0 Å². The average molecular weight is 469 g/mol. The predicted molar refractivity (Wildman–Crippen MR) is 130 cm³/mol. The monoisotopic (exact) mass is 468 g/mol. The molecule has 1 amide bonds. The summed E-state index contributed by atoms with van der Waals surface area (Å²) in [5.41, 5.74) is 4.17. The van der Waals surface area contributed by atoms with Crippen molar-refractivity contribution in [2.24, 2.45) is 0 Å². The van der Waals surface area contributed by atoms with Crippen molar-refractivity contribution in [2.45, 2.75) is 24.3 Å². The maximum Gasteiger partial charge on any atom is 0.287 e. The number of fused-ring (bicyclic) bond motifs is 1. The minimum absolute atomic E-state index is 0.124. The molecule has 8 heteroatoms. The normalized spacial score (nSPS) is 23.1. The fourth-order valence-electron chi connectivity index (χ4n) is 4.61. The molecule has 8 nitrogen and oxygen atoms in total. The van der Waals surface area contributed by atoms with Crippen LogP contribution in [0.5, 0.6) is 0 Å². The molecule has 4 aromatic rings. The zero-order valence-corrected chi connectivity index (χ0v) is 18.8. The van der Waals surface area contributed by atoms with Gasteiger partial charge in [0.2, 0.25) is 5.95 Å². The highest BCUT2D eigenvalue weighted by atomic mass is 16.6. The molecule has 0 saturated carbocycles. The third kappa shape index (κ3) is 4.41. The lowest BCUT2D eigenvalue weighted by Gasteiger charge is -2.18. The van der Waals surface area contributed by atoms with Crippen LogP contribution in [-0.2, 0) is 9.47 Å². The average Bonchev–Trinajstić information content (AvgIpc) is 3.66. The molecule has 2 fully saturated rings. The summed E-state index contributed by atoms with van der Waals surface area (Å²) < 4.78 is 17.1. The number of carbonyl (C=O) groups excluding carboxylic acids is 1. The Labute approximate surface area is 202 Å². The Kier molecular flexibility index (Phi) is 5.73. The number of carbonyl (C=O) groups is 1. The molecule has 35 heavy (non-hydrogen) atoms. The number of nitrogens with one attached hydrogen (secondary N) is 2. The highest BCUT2D eigenvalue weighted by Crippen LogP contribution is 2.29. The van der Waals surface area contributed by atoms with E-state index in [0.717, 1.165) is 16.8 Å². The number of hydrogen-bond acceptors (Lipinski definition) is 7. The van der Waals surface area contributed by atoms with Crippen LogP contribution in [0.15, 0.2) is 89.7 Å². The molecular weight excluding hydrogens is 444 g/mol. The fourth-order valence-corrected chi connectivity index (χ4v) is 4.61. The van der Waals surface area contributed by atoms with Crippen molar-refractivity contribution in [3.63, 3.8) is 0 Å². The molecule has 4 heterocycles. The van der Waals surface area contributed by atoms with Gasteiger partial charge >= 0.3 is 0 Å². The molecule has 2 aromatic heterocycles. The van der Waals surface area contributed by atoms with Gasteiger partial charge in [0.05, 0.1) is 37.3 Å². The molecule has 2 aliphatic heterocycles. The quantitative estimate of drug-likeness (QED) is 0.444. The van der Waals surface area contributed by atoms with Gasteiger partial charge in [0.25, 0.3) is 5.91 Å². The van der Waals surface area contributed by atoms with Crippen LogP contribution in [0.4, 0.5) is 5.95 Å². The molecule has 0 aliphatic carbocycles. The van der Waals surface area contributed by atoms with Crippen LogP contribution in [0.3, 0.4) is 0 Å². The van der Waals surface area contributed by atoms with Crippen molar-refractivity contribution in [1.82, 2.24) is 15.3 Å². The van der Waals surface area contributed by atoms with Gasteiger partial charge in [-0.05, 0) is 29.3 Å². The van der Waals surface area contributed by atoms with Crippen molar-refractivity contribution in [3.8, 4) is 22.4 Å². The first kappa shape index (κ1) is 21.5. The van der Waals surface area contributed by atoms with Gasteiger partial charge in [-0.3, -0.25) is 4.79 Å². The summed E-state index contributed by atoms with van der Waals surface area (Å²) in [7, 11) is 0. The molecule has 2 aliphatic rings. The Balaban J connectivity index is 1.12. The van der Waals surface area contributed by atoms with Crippen molar-refractivity contribution >= 4 is 11.9 Å². The SMILES string of the molecule is O=C(N[C@H]1CO[C@H]2[C@H]1OC[C@H]2Nc1nccc(-c2ccc(-c3ccccc3)cc2)n1)c1ccco1. The molecule has 0 bridgehead atoms. The summed E-state index contributed by atoms with van der Waals surface area (Å²) in [6, 6.07) is 23.4. The minimum atomic E-state index is -0.279. The van der Waals surface area contributed by atoms with Crippen molar-refractivity contribution < 1.29 is 18.7 Å². The standard InChI is InChI=1S/C27H24N4O4/c32-26(23-7-4-14-33-23)29-21-15-34-25-22(16-35-24(21)25)31-27-28-13-12-20(30-27)19-10-8-18(9-11-19)17-5-2-1-3-6-17/h1-14,21-22,24-25H,15-16H2,(H,29,32)(H,28,30,31)/t21-,22+,24-,25+/m0/s1. The smallest absolute Gasteiger partial charge is 0.287 e. The number of furan rings is 1. The first-order valence-electron chi connectivity index (χ1n) is 11.6. The Hall–Kier alpha value is -4.01. The lowest BCUT2D eigenvalue weighted by Crippen LogP contribution is -2.44. The number of anilines is 1. The number of hydrogen-bond donors (Lipinski definition) is 2. The van der Waals surface area contributed by atoms with Gasteiger partial charge in [-0.2, -0.15) is 0 Å². The van der Waals surface area contributed by atoms with Gasteiger partial charge in [-0.15, -0.1) is 0 Å². The van der Waals surface area contributed by atoms with Crippen LogP contribution in [0.25, 0.3) is 22.4 Å². The summed E-state index contributed by atoms with van der Waals surface area (Å²) in [4.78, 5) is 21.4. The Morgan fingerprint density at radius 3 is 2.29 bits per heavy atom. The van der Waals surface area contributed by atoms with E-state index in [4.69, 9.17) is 18.9 Å². The third-order valence-electron chi connectivity index (χ3n) is 6.37. The highest BCUT2D eigenvalue weighted by Gasteiger charge is 2.48. The van der Waals surface area contributed by atoms with E-state index in [9.17, 15) is 4.79 Å². The van der Waals surface area contributed by atoms with Gasteiger partial charge in [-0.1, -0.05) is 54.6 Å². The molecule has 6 rings (SSSR count). The second kappa shape index (κ2) is 9.32. The molecule has 2 aromatic carbocycles.